The summed E-state index contributed by atoms with van der Waals surface area (Å²) in [5, 5.41) is 3.58. The summed E-state index contributed by atoms with van der Waals surface area (Å²) in [5.41, 5.74) is 1.48. The largest absolute Gasteiger partial charge is 0.495 e. The van der Waals surface area contributed by atoms with Crippen molar-refractivity contribution in [3.63, 3.8) is 0 Å². The van der Waals surface area contributed by atoms with Gasteiger partial charge in [-0.25, -0.2) is 0 Å². The Kier molecular flexibility index (Phi) is 6.90. The van der Waals surface area contributed by atoms with E-state index in [0.29, 0.717) is 42.5 Å². The third-order valence-electron chi connectivity index (χ3n) is 6.54. The molecule has 34 heavy (non-hydrogen) atoms. The van der Waals surface area contributed by atoms with Crippen molar-refractivity contribution in [2.45, 2.75) is 32.5 Å². The minimum atomic E-state index is -4.43. The molecule has 0 bridgehead atoms. The number of nitrogens with zero attached hydrogens (tertiary/aromatic N) is 2. The number of hydrogen-bond acceptors (Lipinski definition) is 4. The number of hydrogen-bond donors (Lipinski definition) is 1. The minimum absolute atomic E-state index is 0.133. The van der Waals surface area contributed by atoms with Crippen LogP contribution >= 0.6 is 11.6 Å². The van der Waals surface area contributed by atoms with Crippen LogP contribution < -0.4 is 19.9 Å². The molecule has 0 aromatic heterocycles. The second-order valence-corrected chi connectivity index (χ2v) is 9.75. The molecule has 1 amide bonds. The molecule has 5 nitrogen and oxygen atoms in total. The van der Waals surface area contributed by atoms with Crippen LogP contribution in [-0.4, -0.2) is 45.2 Å². The normalized spacial score (nSPS) is 20.1. The Bertz CT molecular complexity index is 1060. The van der Waals surface area contributed by atoms with Gasteiger partial charge in [-0.2, -0.15) is 13.2 Å². The number of carbonyl (C=O) groups is 1. The van der Waals surface area contributed by atoms with E-state index in [1.807, 2.05) is 26.0 Å². The number of piperazine rings is 1. The van der Waals surface area contributed by atoms with Crippen LogP contribution in [0.25, 0.3) is 0 Å². The summed E-state index contributed by atoms with van der Waals surface area (Å²) in [7, 11) is 1.60. The first-order valence-corrected chi connectivity index (χ1v) is 11.8. The molecule has 2 aromatic rings. The van der Waals surface area contributed by atoms with Gasteiger partial charge < -0.3 is 19.9 Å². The fourth-order valence-corrected chi connectivity index (χ4v) is 5.03. The highest BCUT2D eigenvalue weighted by Gasteiger charge is 2.43. The number of carbonyl (C=O) groups excluding carboxylic acids is 1. The molecule has 0 saturated carbocycles. The summed E-state index contributed by atoms with van der Waals surface area (Å²) < 4.78 is 45.7. The fraction of sp³-hybridized carbons (Fsp3) is 0.480. The number of nitrogens with one attached hydrogen (secondary N) is 1. The molecule has 2 atom stereocenters. The predicted octanol–water partition coefficient (Wildman–Crippen LogP) is 5.01. The van der Waals surface area contributed by atoms with Gasteiger partial charge in [0.05, 0.1) is 30.3 Å². The number of alkyl halides is 3. The molecular formula is C25H29ClF3N3O2. The van der Waals surface area contributed by atoms with Crippen LogP contribution in [-0.2, 0) is 17.4 Å². The number of anilines is 2. The smallest absolute Gasteiger partial charge is 0.416 e. The molecule has 0 radical (unpaired) electrons. The van der Waals surface area contributed by atoms with Gasteiger partial charge in [0.15, 0.2) is 0 Å². The Hall–Kier alpha value is -2.61. The molecule has 1 saturated heterocycles. The molecule has 2 aliphatic heterocycles. The summed E-state index contributed by atoms with van der Waals surface area (Å²) in [6.07, 6.45) is -4.17. The third-order valence-corrected chi connectivity index (χ3v) is 6.78. The first-order valence-electron chi connectivity index (χ1n) is 11.4. The van der Waals surface area contributed by atoms with E-state index in [9.17, 15) is 18.0 Å². The van der Waals surface area contributed by atoms with E-state index in [0.717, 1.165) is 17.4 Å². The molecule has 0 aliphatic carbocycles. The van der Waals surface area contributed by atoms with Gasteiger partial charge in [-0.1, -0.05) is 25.4 Å². The molecule has 0 spiro atoms. The molecule has 2 aromatic carbocycles. The number of amides is 1. The van der Waals surface area contributed by atoms with Gasteiger partial charge >= 0.3 is 6.18 Å². The van der Waals surface area contributed by atoms with Crippen molar-refractivity contribution < 1.29 is 22.7 Å². The zero-order chi connectivity index (χ0) is 24.6. The van der Waals surface area contributed by atoms with E-state index in [-0.39, 0.29) is 24.3 Å². The SMILES string of the molecule is COc1ccc(Cl)cc1N1CCN2c3ccc(C(F)(F)F)cc3C[C@H](C(=O)NCC(C)C)[C@H]2C1. The first kappa shape index (κ1) is 24.5. The number of rotatable bonds is 5. The van der Waals surface area contributed by atoms with Gasteiger partial charge in [-0.3, -0.25) is 4.79 Å². The second-order valence-electron chi connectivity index (χ2n) is 9.31. The maximum atomic E-state index is 13.4. The Morgan fingerprint density at radius 3 is 2.62 bits per heavy atom. The van der Waals surface area contributed by atoms with Crippen molar-refractivity contribution >= 4 is 28.9 Å². The van der Waals surface area contributed by atoms with Crippen LogP contribution in [0.1, 0.15) is 25.0 Å². The van der Waals surface area contributed by atoms with E-state index in [2.05, 4.69) is 15.1 Å². The summed E-state index contributed by atoms with van der Waals surface area (Å²) in [6.45, 7) is 6.24. The summed E-state index contributed by atoms with van der Waals surface area (Å²) >= 11 is 6.25. The van der Waals surface area contributed by atoms with Gasteiger partial charge in [0.1, 0.15) is 5.75 Å². The Morgan fingerprint density at radius 1 is 1.18 bits per heavy atom. The van der Waals surface area contributed by atoms with Gasteiger partial charge in [-0.05, 0) is 54.3 Å². The van der Waals surface area contributed by atoms with Crippen molar-refractivity contribution in [3.05, 3.63) is 52.5 Å². The fourth-order valence-electron chi connectivity index (χ4n) is 4.86. The third kappa shape index (κ3) is 4.92. The highest BCUT2D eigenvalue weighted by atomic mass is 35.5. The van der Waals surface area contributed by atoms with E-state index in [1.54, 1.807) is 19.2 Å². The standard InChI is InChI=1S/C25H29ClF3N3O2/c1-15(2)13-30-24(33)19-11-16-10-17(25(27,28)29)4-6-20(16)32-9-8-31(14-22(19)32)21-12-18(26)5-7-23(21)34-3/h4-7,10,12,15,19,22H,8-9,11,13-14H2,1-3H3,(H,30,33)/t19-,22+/m0/s1. The lowest BCUT2D eigenvalue weighted by Crippen LogP contribution is -2.61. The number of fused-ring (bicyclic) bond motifs is 3. The lowest BCUT2D eigenvalue weighted by molar-refractivity contribution is -0.137. The summed E-state index contributed by atoms with van der Waals surface area (Å²) in [5.74, 6) is 0.338. The van der Waals surface area contributed by atoms with E-state index >= 15 is 0 Å². The predicted molar refractivity (Wildman–Crippen MR) is 128 cm³/mol. The average Bonchev–Trinajstić information content (AvgIpc) is 2.80. The van der Waals surface area contributed by atoms with E-state index in [4.69, 9.17) is 16.3 Å². The lowest BCUT2D eigenvalue weighted by atomic mass is 9.82. The van der Waals surface area contributed by atoms with Gasteiger partial charge in [0, 0.05) is 36.9 Å². The Labute approximate surface area is 202 Å². The highest BCUT2D eigenvalue weighted by molar-refractivity contribution is 6.31. The van der Waals surface area contributed by atoms with Gasteiger partial charge in [0.2, 0.25) is 5.91 Å². The number of methoxy groups -OCH3 is 1. The van der Waals surface area contributed by atoms with Crippen LogP contribution in [0.3, 0.4) is 0 Å². The highest BCUT2D eigenvalue weighted by Crippen LogP contribution is 2.41. The summed E-state index contributed by atoms with van der Waals surface area (Å²) in [4.78, 5) is 17.5. The number of halogens is 4. The van der Waals surface area contributed by atoms with Crippen molar-refractivity contribution in [3.8, 4) is 5.75 Å². The van der Waals surface area contributed by atoms with Crippen LogP contribution in [0, 0.1) is 11.8 Å². The van der Waals surface area contributed by atoms with Gasteiger partial charge in [0.25, 0.3) is 0 Å². The molecule has 2 aliphatic rings. The molecule has 9 heteroatoms. The van der Waals surface area contributed by atoms with Crippen LogP contribution in [0.2, 0.25) is 5.02 Å². The van der Waals surface area contributed by atoms with Crippen molar-refractivity contribution in [1.82, 2.24) is 5.32 Å². The second kappa shape index (κ2) is 9.56. The Morgan fingerprint density at radius 2 is 1.94 bits per heavy atom. The maximum Gasteiger partial charge on any atom is 0.416 e. The topological polar surface area (TPSA) is 44.8 Å². The molecule has 1 N–H and O–H groups in total. The van der Waals surface area contributed by atoms with E-state index in [1.165, 1.54) is 6.07 Å². The summed E-state index contributed by atoms with van der Waals surface area (Å²) in [6, 6.07) is 9.08. The van der Waals surface area contributed by atoms with Crippen molar-refractivity contribution in [2.24, 2.45) is 11.8 Å². The van der Waals surface area contributed by atoms with Crippen LogP contribution in [0.4, 0.5) is 24.5 Å². The van der Waals surface area contributed by atoms with Crippen molar-refractivity contribution in [1.29, 1.82) is 0 Å². The molecule has 4 rings (SSSR count). The number of benzene rings is 2. The number of ether oxygens (including phenoxy) is 1. The van der Waals surface area contributed by atoms with Crippen LogP contribution in [0.5, 0.6) is 5.75 Å². The molecule has 1 fully saturated rings. The first-order chi connectivity index (χ1) is 16.1. The Balaban J connectivity index is 1.69. The van der Waals surface area contributed by atoms with E-state index < -0.39 is 17.7 Å². The quantitative estimate of drug-likeness (QED) is 0.633. The lowest BCUT2D eigenvalue weighted by Gasteiger charge is -2.50. The minimum Gasteiger partial charge on any atom is -0.495 e. The molecule has 184 valence electrons. The maximum absolute atomic E-state index is 13.4. The zero-order valence-electron chi connectivity index (χ0n) is 19.5. The monoisotopic (exact) mass is 495 g/mol. The van der Waals surface area contributed by atoms with Crippen molar-refractivity contribution in [2.75, 3.05) is 43.1 Å². The van der Waals surface area contributed by atoms with Crippen LogP contribution in [0.15, 0.2) is 36.4 Å². The molecule has 0 unspecified atom stereocenters. The zero-order valence-corrected chi connectivity index (χ0v) is 20.2. The average molecular weight is 496 g/mol. The molecule has 2 heterocycles. The molecular weight excluding hydrogens is 467 g/mol. The van der Waals surface area contributed by atoms with Gasteiger partial charge in [-0.15, -0.1) is 0 Å².